The minimum Gasteiger partial charge on any atom is -0.477 e. The number of morpholine rings is 1. The molecule has 1 aromatic carbocycles. The first kappa shape index (κ1) is 17.9. The topological polar surface area (TPSA) is 118 Å². The van der Waals surface area contributed by atoms with Gasteiger partial charge in [0.25, 0.3) is 0 Å². The number of benzene rings is 1. The molecule has 0 amide bonds. The van der Waals surface area contributed by atoms with Crippen molar-refractivity contribution in [1.82, 2.24) is 15.0 Å². The van der Waals surface area contributed by atoms with Crippen LogP contribution in [0.5, 0.6) is 6.01 Å². The normalized spacial score (nSPS) is 14.2. The van der Waals surface area contributed by atoms with E-state index in [1.165, 1.54) is 6.20 Å². The van der Waals surface area contributed by atoms with Gasteiger partial charge in [0, 0.05) is 19.3 Å². The van der Waals surface area contributed by atoms with Gasteiger partial charge in [0.2, 0.25) is 5.43 Å². The molecule has 0 atom stereocenters. The molecule has 1 aliphatic heterocycles. The summed E-state index contributed by atoms with van der Waals surface area (Å²) in [5, 5.41) is 9.24. The Bertz CT molecular complexity index is 1060. The minimum atomic E-state index is -1.32. The molecule has 1 saturated heterocycles. The average Bonchev–Trinajstić information content (AvgIpc) is 2.73. The molecule has 0 radical (unpaired) electrons. The molecule has 1 fully saturated rings. The van der Waals surface area contributed by atoms with Gasteiger partial charge in [-0.1, -0.05) is 30.3 Å². The Morgan fingerprint density at radius 2 is 1.96 bits per heavy atom. The van der Waals surface area contributed by atoms with Crippen LogP contribution in [0.15, 0.2) is 41.3 Å². The molecule has 0 bridgehead atoms. The Labute approximate surface area is 159 Å². The zero-order chi connectivity index (χ0) is 19.5. The third kappa shape index (κ3) is 3.52. The third-order valence-corrected chi connectivity index (χ3v) is 4.44. The summed E-state index contributed by atoms with van der Waals surface area (Å²) in [6.45, 7) is 2.47. The molecule has 2 N–H and O–H groups in total. The molecule has 144 valence electrons. The van der Waals surface area contributed by atoms with Crippen LogP contribution in [0, 0.1) is 0 Å². The van der Waals surface area contributed by atoms with Crippen molar-refractivity contribution in [2.24, 2.45) is 0 Å². The summed E-state index contributed by atoms with van der Waals surface area (Å²) in [7, 11) is 0. The quantitative estimate of drug-likeness (QED) is 0.680. The molecule has 2 aromatic heterocycles. The number of carboxylic acids is 1. The molecule has 0 saturated carbocycles. The van der Waals surface area contributed by atoms with Gasteiger partial charge >= 0.3 is 12.0 Å². The van der Waals surface area contributed by atoms with Crippen molar-refractivity contribution in [1.29, 1.82) is 0 Å². The van der Waals surface area contributed by atoms with E-state index in [0.717, 1.165) is 5.56 Å². The number of rotatable bonds is 5. The second-order valence-corrected chi connectivity index (χ2v) is 6.26. The van der Waals surface area contributed by atoms with E-state index >= 15 is 0 Å². The number of ether oxygens (including phenoxy) is 2. The van der Waals surface area contributed by atoms with Crippen LogP contribution in [-0.4, -0.2) is 52.3 Å². The van der Waals surface area contributed by atoms with Crippen LogP contribution in [0.3, 0.4) is 0 Å². The van der Waals surface area contributed by atoms with Crippen LogP contribution in [0.25, 0.3) is 11.0 Å². The van der Waals surface area contributed by atoms with Crippen molar-refractivity contribution in [2.45, 2.75) is 6.61 Å². The average molecular weight is 382 g/mol. The highest BCUT2D eigenvalue weighted by Gasteiger charge is 2.22. The number of hydrogen-bond acceptors (Lipinski definition) is 7. The van der Waals surface area contributed by atoms with E-state index in [2.05, 4.69) is 15.0 Å². The maximum absolute atomic E-state index is 12.6. The first-order valence-corrected chi connectivity index (χ1v) is 8.79. The Kier molecular flexibility index (Phi) is 4.90. The fourth-order valence-corrected chi connectivity index (χ4v) is 3.01. The van der Waals surface area contributed by atoms with Gasteiger partial charge in [0.1, 0.15) is 23.2 Å². The largest absolute Gasteiger partial charge is 0.477 e. The molecule has 4 rings (SSSR count). The third-order valence-electron chi connectivity index (χ3n) is 4.44. The predicted molar refractivity (Wildman–Crippen MR) is 101 cm³/mol. The monoisotopic (exact) mass is 382 g/mol. The van der Waals surface area contributed by atoms with Crippen LogP contribution in [0.4, 0.5) is 5.82 Å². The van der Waals surface area contributed by atoms with E-state index in [9.17, 15) is 14.7 Å². The second-order valence-electron chi connectivity index (χ2n) is 6.26. The summed E-state index contributed by atoms with van der Waals surface area (Å²) >= 11 is 0. The van der Waals surface area contributed by atoms with Crippen LogP contribution >= 0.6 is 0 Å². The summed E-state index contributed by atoms with van der Waals surface area (Å²) in [6, 6.07) is 9.51. The lowest BCUT2D eigenvalue weighted by molar-refractivity contribution is 0.0695. The zero-order valence-electron chi connectivity index (χ0n) is 14.9. The SMILES string of the molecule is O=C(O)c1c[nH]c2c(N3CCOCC3)nc(OCc3ccccc3)nc2c1=O. The van der Waals surface area contributed by atoms with Gasteiger partial charge in [-0.05, 0) is 5.56 Å². The molecular weight excluding hydrogens is 364 g/mol. The molecule has 0 aliphatic carbocycles. The van der Waals surface area contributed by atoms with Crippen molar-refractivity contribution in [3.05, 3.63) is 57.9 Å². The lowest BCUT2D eigenvalue weighted by Gasteiger charge is -2.28. The Morgan fingerprint density at radius 3 is 2.68 bits per heavy atom. The fourth-order valence-electron chi connectivity index (χ4n) is 3.01. The zero-order valence-corrected chi connectivity index (χ0v) is 14.9. The number of anilines is 1. The number of nitrogens with one attached hydrogen (secondary N) is 1. The van der Waals surface area contributed by atoms with Gasteiger partial charge in [-0.2, -0.15) is 9.97 Å². The van der Waals surface area contributed by atoms with Gasteiger partial charge in [-0.15, -0.1) is 0 Å². The first-order valence-electron chi connectivity index (χ1n) is 8.79. The van der Waals surface area contributed by atoms with Crippen molar-refractivity contribution >= 4 is 22.8 Å². The molecule has 0 unspecified atom stereocenters. The number of carboxylic acid groups (broad SMARTS) is 1. The van der Waals surface area contributed by atoms with Crippen molar-refractivity contribution in [3.8, 4) is 6.01 Å². The second kappa shape index (κ2) is 7.65. The summed E-state index contributed by atoms with van der Waals surface area (Å²) in [4.78, 5) is 37.5. The number of aromatic nitrogens is 3. The van der Waals surface area contributed by atoms with Crippen molar-refractivity contribution in [3.63, 3.8) is 0 Å². The van der Waals surface area contributed by atoms with Gasteiger partial charge in [0.05, 0.1) is 13.2 Å². The lowest BCUT2D eigenvalue weighted by Crippen LogP contribution is -2.37. The number of hydrogen-bond donors (Lipinski definition) is 2. The molecule has 3 heterocycles. The fraction of sp³-hybridized carbons (Fsp3) is 0.263. The van der Waals surface area contributed by atoms with Gasteiger partial charge in [-0.3, -0.25) is 4.79 Å². The summed E-state index contributed by atoms with van der Waals surface area (Å²) in [6.07, 6.45) is 1.17. The van der Waals surface area contributed by atoms with E-state index in [4.69, 9.17) is 9.47 Å². The Hall–Kier alpha value is -3.46. The van der Waals surface area contributed by atoms with Crippen molar-refractivity contribution < 1.29 is 19.4 Å². The molecular formula is C19H18N4O5. The molecule has 0 spiro atoms. The standard InChI is InChI=1S/C19H18N4O5/c24-16-13(18(25)26)10-20-15-14(16)21-19(28-11-12-4-2-1-3-5-12)22-17(15)23-6-8-27-9-7-23/h1-5,10H,6-9,11H2,(H,20,24)(H,25,26). The highest BCUT2D eigenvalue weighted by Crippen LogP contribution is 2.24. The maximum Gasteiger partial charge on any atom is 0.341 e. The van der Waals surface area contributed by atoms with E-state index in [1.807, 2.05) is 35.2 Å². The van der Waals surface area contributed by atoms with E-state index in [0.29, 0.717) is 37.6 Å². The first-order chi connectivity index (χ1) is 13.6. The van der Waals surface area contributed by atoms with Gasteiger partial charge in [0.15, 0.2) is 5.82 Å². The number of H-pyrrole nitrogens is 1. The van der Waals surface area contributed by atoms with Crippen LogP contribution < -0.4 is 15.1 Å². The summed E-state index contributed by atoms with van der Waals surface area (Å²) < 4.78 is 11.1. The lowest BCUT2D eigenvalue weighted by atomic mass is 10.2. The maximum atomic E-state index is 12.6. The van der Waals surface area contributed by atoms with Crippen LogP contribution in [0.1, 0.15) is 15.9 Å². The molecule has 9 heteroatoms. The van der Waals surface area contributed by atoms with E-state index in [1.54, 1.807) is 0 Å². The highest BCUT2D eigenvalue weighted by molar-refractivity contribution is 5.94. The molecule has 3 aromatic rings. The van der Waals surface area contributed by atoms with E-state index in [-0.39, 0.29) is 23.7 Å². The van der Waals surface area contributed by atoms with Crippen molar-refractivity contribution in [2.75, 3.05) is 31.2 Å². The number of pyridine rings is 1. The summed E-state index contributed by atoms with van der Waals surface area (Å²) in [5.74, 6) is -0.827. The number of aromatic carboxylic acids is 1. The Morgan fingerprint density at radius 1 is 1.21 bits per heavy atom. The van der Waals surface area contributed by atoms with Crippen LogP contribution in [0.2, 0.25) is 0 Å². The highest BCUT2D eigenvalue weighted by atomic mass is 16.5. The number of fused-ring (bicyclic) bond motifs is 1. The Balaban J connectivity index is 1.79. The van der Waals surface area contributed by atoms with E-state index < -0.39 is 11.4 Å². The predicted octanol–water partition coefficient (Wildman–Crippen LogP) is 1.43. The number of aromatic amines is 1. The van der Waals surface area contributed by atoms with Crippen LogP contribution in [-0.2, 0) is 11.3 Å². The number of carbonyl (C=O) groups is 1. The van der Waals surface area contributed by atoms with Gasteiger partial charge < -0.3 is 24.5 Å². The van der Waals surface area contributed by atoms with Gasteiger partial charge in [-0.25, -0.2) is 4.79 Å². The summed E-state index contributed by atoms with van der Waals surface area (Å²) in [5.41, 5.74) is 0.228. The molecule has 28 heavy (non-hydrogen) atoms. The minimum absolute atomic E-state index is 0.0144. The number of nitrogens with zero attached hydrogens (tertiary/aromatic N) is 3. The smallest absolute Gasteiger partial charge is 0.341 e. The molecule has 9 nitrogen and oxygen atoms in total. The molecule has 1 aliphatic rings.